The molecule has 0 radical (unpaired) electrons. The van der Waals surface area contributed by atoms with Crippen molar-refractivity contribution < 1.29 is 0 Å². The minimum absolute atomic E-state index is 1.23. The van der Waals surface area contributed by atoms with Crippen LogP contribution in [0.25, 0.3) is 117 Å². The van der Waals surface area contributed by atoms with Gasteiger partial charge >= 0.3 is 0 Å². The average Bonchev–Trinajstić information content (AvgIpc) is 3.77. The van der Waals surface area contributed by atoms with E-state index in [4.69, 9.17) is 0 Å². The third kappa shape index (κ3) is 4.54. The summed E-state index contributed by atoms with van der Waals surface area (Å²) >= 11 is 3.79. The molecule has 0 aliphatic carbocycles. The van der Waals surface area contributed by atoms with Crippen LogP contribution in [-0.4, -0.2) is 0 Å². The molecule has 0 aliphatic heterocycles. The fraction of sp³-hybridized carbons (Fsp3) is 0. The molecular weight excluding hydrogens is 689 g/mol. The summed E-state index contributed by atoms with van der Waals surface area (Å²) in [5.74, 6) is 0. The average molecular weight is 719 g/mol. The summed E-state index contributed by atoms with van der Waals surface area (Å²) in [5, 5.41) is 15.6. The van der Waals surface area contributed by atoms with Crippen molar-refractivity contribution in [1.82, 2.24) is 0 Å². The largest absolute Gasteiger partial charge is 0.135 e. The summed E-state index contributed by atoms with van der Waals surface area (Å²) in [4.78, 5) is 0. The lowest BCUT2D eigenvalue weighted by atomic mass is 9.85. The van der Waals surface area contributed by atoms with Gasteiger partial charge in [-0.1, -0.05) is 127 Å². The summed E-state index contributed by atoms with van der Waals surface area (Å²) in [6.45, 7) is 0. The second-order valence-corrected chi connectivity index (χ2v) is 16.6. The molecule has 0 saturated heterocycles. The highest BCUT2D eigenvalue weighted by Crippen LogP contribution is 2.47. The standard InChI is InChI=1S/C52H30S2/c1-2-11-32-24-34(21-20-31(32)10-1)33-12-9-13-35(25-33)51-40-15-3-5-17-42(40)52(43-18-6-4-16-41(43)51)36-22-23-48-45(26-36)46-28-37-27-44-39-14-7-8-19-47(39)53-49(44)29-38(37)30-50(46)54-48/h1-30H. The predicted molar refractivity (Wildman–Crippen MR) is 239 cm³/mol. The van der Waals surface area contributed by atoms with Crippen molar-refractivity contribution in [2.75, 3.05) is 0 Å². The monoisotopic (exact) mass is 718 g/mol. The van der Waals surface area contributed by atoms with Gasteiger partial charge in [0, 0.05) is 40.3 Å². The highest BCUT2D eigenvalue weighted by molar-refractivity contribution is 7.26. The molecule has 0 unspecified atom stereocenters. The molecule has 2 aromatic heterocycles. The Morgan fingerprint density at radius 3 is 1.41 bits per heavy atom. The fourth-order valence-corrected chi connectivity index (χ4v) is 11.1. The van der Waals surface area contributed by atoms with Crippen LogP contribution in [0.5, 0.6) is 0 Å². The molecule has 10 aromatic carbocycles. The molecule has 250 valence electrons. The Kier molecular flexibility index (Phi) is 6.48. The number of rotatable bonds is 3. The zero-order chi connectivity index (χ0) is 35.3. The molecule has 0 atom stereocenters. The highest BCUT2D eigenvalue weighted by atomic mass is 32.1. The van der Waals surface area contributed by atoms with Crippen LogP contribution >= 0.6 is 22.7 Å². The molecule has 0 saturated carbocycles. The Hall–Kier alpha value is -6.32. The first-order valence-electron chi connectivity index (χ1n) is 18.5. The summed E-state index contributed by atoms with van der Waals surface area (Å²) in [6.07, 6.45) is 0. The minimum atomic E-state index is 1.23. The normalized spacial score (nSPS) is 12.1. The van der Waals surface area contributed by atoms with E-state index >= 15 is 0 Å². The Morgan fingerprint density at radius 2 is 0.704 bits per heavy atom. The van der Waals surface area contributed by atoms with Crippen molar-refractivity contribution in [3.05, 3.63) is 182 Å². The lowest BCUT2D eigenvalue weighted by molar-refractivity contribution is 1.63. The fourth-order valence-electron chi connectivity index (χ4n) is 8.87. The molecule has 0 fully saturated rings. The van der Waals surface area contributed by atoms with E-state index in [1.807, 2.05) is 22.7 Å². The maximum atomic E-state index is 2.45. The van der Waals surface area contributed by atoms with Crippen LogP contribution in [0, 0.1) is 0 Å². The van der Waals surface area contributed by atoms with Gasteiger partial charge in [0.2, 0.25) is 0 Å². The molecule has 0 spiro atoms. The van der Waals surface area contributed by atoms with E-state index in [1.165, 1.54) is 117 Å². The molecular formula is C52H30S2. The molecule has 0 N–H and O–H groups in total. The Labute approximate surface area is 319 Å². The van der Waals surface area contributed by atoms with Gasteiger partial charge in [-0.2, -0.15) is 0 Å². The Balaban J connectivity index is 1.06. The van der Waals surface area contributed by atoms with Gasteiger partial charge in [-0.25, -0.2) is 0 Å². The van der Waals surface area contributed by atoms with E-state index in [1.54, 1.807) is 0 Å². The van der Waals surface area contributed by atoms with Gasteiger partial charge in [-0.15, -0.1) is 22.7 Å². The van der Waals surface area contributed by atoms with E-state index < -0.39 is 0 Å². The van der Waals surface area contributed by atoms with Gasteiger partial charge < -0.3 is 0 Å². The van der Waals surface area contributed by atoms with E-state index in [-0.39, 0.29) is 0 Å². The predicted octanol–water partition coefficient (Wildman–Crippen LogP) is 16.0. The van der Waals surface area contributed by atoms with Crippen molar-refractivity contribution in [3.63, 3.8) is 0 Å². The maximum absolute atomic E-state index is 2.45. The van der Waals surface area contributed by atoms with Crippen LogP contribution in [0.15, 0.2) is 182 Å². The zero-order valence-electron chi connectivity index (χ0n) is 29.1. The molecule has 12 rings (SSSR count). The summed E-state index contributed by atoms with van der Waals surface area (Å²) < 4.78 is 5.37. The van der Waals surface area contributed by atoms with Crippen LogP contribution in [0.4, 0.5) is 0 Å². The molecule has 0 aliphatic rings. The second-order valence-electron chi connectivity index (χ2n) is 14.4. The van der Waals surface area contributed by atoms with Crippen molar-refractivity contribution >= 4 is 106 Å². The van der Waals surface area contributed by atoms with E-state index in [0.717, 1.165) is 0 Å². The first-order valence-corrected chi connectivity index (χ1v) is 20.1. The smallest absolute Gasteiger partial charge is 0.0361 e. The van der Waals surface area contributed by atoms with Crippen molar-refractivity contribution in [2.45, 2.75) is 0 Å². The topological polar surface area (TPSA) is 0 Å². The third-order valence-electron chi connectivity index (χ3n) is 11.4. The van der Waals surface area contributed by atoms with Crippen molar-refractivity contribution in [1.29, 1.82) is 0 Å². The van der Waals surface area contributed by atoms with Gasteiger partial charge in [0.25, 0.3) is 0 Å². The zero-order valence-corrected chi connectivity index (χ0v) is 30.8. The molecule has 0 amide bonds. The number of thiophene rings is 2. The molecule has 2 heterocycles. The minimum Gasteiger partial charge on any atom is -0.135 e. The first kappa shape index (κ1) is 30.2. The van der Waals surface area contributed by atoms with Crippen molar-refractivity contribution in [2.24, 2.45) is 0 Å². The van der Waals surface area contributed by atoms with E-state index in [9.17, 15) is 0 Å². The maximum Gasteiger partial charge on any atom is 0.0361 e. The van der Waals surface area contributed by atoms with Gasteiger partial charge in [-0.3, -0.25) is 0 Å². The van der Waals surface area contributed by atoms with E-state index in [2.05, 4.69) is 182 Å². The SMILES string of the molecule is c1cc(-c2ccc3ccccc3c2)cc(-c2c3ccccc3c(-c3ccc4sc5cc6cc7sc8ccccc8c7cc6cc5c4c3)c3ccccc23)c1. The molecule has 0 nitrogen and oxygen atoms in total. The number of benzene rings is 10. The van der Waals surface area contributed by atoms with Crippen LogP contribution in [0.2, 0.25) is 0 Å². The third-order valence-corrected chi connectivity index (χ3v) is 13.6. The van der Waals surface area contributed by atoms with Crippen LogP contribution in [-0.2, 0) is 0 Å². The summed E-state index contributed by atoms with van der Waals surface area (Å²) in [6, 6.07) is 68.0. The van der Waals surface area contributed by atoms with Crippen LogP contribution in [0.3, 0.4) is 0 Å². The Bertz CT molecular complexity index is 3450. The number of hydrogen-bond acceptors (Lipinski definition) is 2. The summed E-state index contributed by atoms with van der Waals surface area (Å²) in [5.41, 5.74) is 7.53. The van der Waals surface area contributed by atoms with Gasteiger partial charge in [0.1, 0.15) is 0 Å². The quantitative estimate of drug-likeness (QED) is 0.160. The van der Waals surface area contributed by atoms with Gasteiger partial charge in [0.15, 0.2) is 0 Å². The molecule has 12 aromatic rings. The number of hydrogen-bond donors (Lipinski definition) is 0. The molecule has 54 heavy (non-hydrogen) atoms. The van der Waals surface area contributed by atoms with Crippen molar-refractivity contribution in [3.8, 4) is 33.4 Å². The van der Waals surface area contributed by atoms with E-state index in [0.29, 0.717) is 0 Å². The van der Waals surface area contributed by atoms with Crippen LogP contribution in [0.1, 0.15) is 0 Å². The van der Waals surface area contributed by atoms with Crippen LogP contribution < -0.4 is 0 Å². The first-order chi connectivity index (χ1) is 26.7. The second kappa shape index (κ2) is 11.6. The Morgan fingerprint density at radius 1 is 0.222 bits per heavy atom. The number of fused-ring (bicyclic) bond motifs is 10. The summed E-state index contributed by atoms with van der Waals surface area (Å²) in [7, 11) is 0. The van der Waals surface area contributed by atoms with Gasteiger partial charge in [0.05, 0.1) is 0 Å². The lowest BCUT2D eigenvalue weighted by Gasteiger charge is -2.18. The molecule has 0 bridgehead atoms. The van der Waals surface area contributed by atoms with Gasteiger partial charge in [-0.05, 0) is 131 Å². The highest BCUT2D eigenvalue weighted by Gasteiger charge is 2.18. The molecule has 2 heteroatoms. The lowest BCUT2D eigenvalue weighted by Crippen LogP contribution is -1.91.